The van der Waals surface area contributed by atoms with E-state index in [0.717, 1.165) is 11.3 Å². The topological polar surface area (TPSA) is 38.7 Å². The number of aliphatic hydroxyl groups is 1. The average Bonchev–Trinajstić information content (AvgIpc) is 2.26. The first-order valence-electron chi connectivity index (χ1n) is 4.55. The Morgan fingerprint density at radius 3 is 2.40 bits per heavy atom. The summed E-state index contributed by atoms with van der Waals surface area (Å²) in [6.45, 7) is 1.77. The van der Waals surface area contributed by atoms with Gasteiger partial charge in [0.25, 0.3) is 0 Å². The molecule has 0 heterocycles. The number of hydrogen-bond donors (Lipinski definition) is 1. The van der Waals surface area contributed by atoms with Crippen LogP contribution < -0.4 is 9.47 Å². The highest BCUT2D eigenvalue weighted by molar-refractivity contribution is 5.53. The highest BCUT2D eigenvalue weighted by atomic mass is 16.5. The first-order valence-corrected chi connectivity index (χ1v) is 4.55. The molecule has 3 nitrogen and oxygen atoms in total. The molecule has 0 aromatic heterocycles. The molecule has 1 N–H and O–H groups in total. The van der Waals surface area contributed by atoms with Crippen LogP contribution in [0.1, 0.15) is 11.1 Å². The lowest BCUT2D eigenvalue weighted by Crippen LogP contribution is -1.93. The molecule has 3 heteroatoms. The number of methoxy groups -OCH3 is 2. The summed E-state index contributed by atoms with van der Waals surface area (Å²) in [7, 11) is 3.20. The van der Waals surface area contributed by atoms with Crippen LogP contribution in [0, 0.1) is 18.8 Å². The largest absolute Gasteiger partial charge is 0.496 e. The number of rotatable bonds is 2. The van der Waals surface area contributed by atoms with Crippen molar-refractivity contribution >= 4 is 0 Å². The summed E-state index contributed by atoms with van der Waals surface area (Å²) < 4.78 is 10.4. The first kappa shape index (κ1) is 11.4. The number of hydrogen-bond acceptors (Lipinski definition) is 3. The van der Waals surface area contributed by atoms with Gasteiger partial charge in [-0.3, -0.25) is 0 Å². The van der Waals surface area contributed by atoms with Gasteiger partial charge in [-0.05, 0) is 24.6 Å². The minimum Gasteiger partial charge on any atom is -0.496 e. The van der Waals surface area contributed by atoms with Crippen molar-refractivity contribution in [1.82, 2.24) is 0 Å². The minimum atomic E-state index is -0.167. The summed E-state index contributed by atoms with van der Waals surface area (Å²) in [4.78, 5) is 0. The maximum absolute atomic E-state index is 8.63. The normalized spacial score (nSPS) is 9.07. The van der Waals surface area contributed by atoms with Gasteiger partial charge in [0.05, 0.1) is 19.8 Å². The lowest BCUT2D eigenvalue weighted by Gasteiger charge is -2.09. The SMILES string of the molecule is COc1cc(C#CCO)c(OC)cc1C. The molecular weight excluding hydrogens is 192 g/mol. The molecule has 0 aliphatic heterocycles. The number of benzene rings is 1. The molecule has 0 unspecified atom stereocenters. The summed E-state index contributed by atoms with van der Waals surface area (Å²) >= 11 is 0. The summed E-state index contributed by atoms with van der Waals surface area (Å²) in [5.41, 5.74) is 1.71. The van der Waals surface area contributed by atoms with Crippen LogP contribution in [0.4, 0.5) is 0 Å². The molecule has 80 valence electrons. The summed E-state index contributed by atoms with van der Waals surface area (Å²) in [5, 5.41) is 8.63. The van der Waals surface area contributed by atoms with Gasteiger partial charge in [-0.2, -0.15) is 0 Å². The molecule has 1 aromatic rings. The maximum Gasteiger partial charge on any atom is 0.135 e. The van der Waals surface area contributed by atoms with E-state index >= 15 is 0 Å². The van der Waals surface area contributed by atoms with Crippen LogP contribution >= 0.6 is 0 Å². The van der Waals surface area contributed by atoms with Gasteiger partial charge in [0.15, 0.2) is 0 Å². The molecule has 0 aliphatic carbocycles. The second-order valence-electron chi connectivity index (χ2n) is 2.98. The van der Waals surface area contributed by atoms with Crippen molar-refractivity contribution in [2.45, 2.75) is 6.92 Å². The van der Waals surface area contributed by atoms with Gasteiger partial charge < -0.3 is 14.6 Å². The van der Waals surface area contributed by atoms with E-state index in [0.29, 0.717) is 11.3 Å². The lowest BCUT2D eigenvalue weighted by atomic mass is 10.1. The van der Waals surface area contributed by atoms with Crippen LogP contribution in [0.25, 0.3) is 0 Å². The van der Waals surface area contributed by atoms with Crippen LogP contribution in [-0.2, 0) is 0 Å². The molecule has 0 spiro atoms. The van der Waals surface area contributed by atoms with E-state index in [2.05, 4.69) is 11.8 Å². The van der Waals surface area contributed by atoms with E-state index in [1.807, 2.05) is 13.0 Å². The van der Waals surface area contributed by atoms with Crippen LogP contribution in [0.15, 0.2) is 12.1 Å². The van der Waals surface area contributed by atoms with Gasteiger partial charge in [0.1, 0.15) is 18.1 Å². The fourth-order valence-electron chi connectivity index (χ4n) is 1.28. The Morgan fingerprint density at radius 2 is 1.87 bits per heavy atom. The second kappa shape index (κ2) is 5.28. The van der Waals surface area contributed by atoms with Gasteiger partial charge in [0, 0.05) is 0 Å². The van der Waals surface area contributed by atoms with Gasteiger partial charge in [-0.15, -0.1) is 0 Å². The van der Waals surface area contributed by atoms with E-state index in [1.54, 1.807) is 20.3 Å². The first-order chi connectivity index (χ1) is 7.22. The van der Waals surface area contributed by atoms with Gasteiger partial charge >= 0.3 is 0 Å². The Balaban J connectivity index is 3.22. The Bertz CT molecular complexity index is 399. The zero-order valence-corrected chi connectivity index (χ0v) is 9.13. The van der Waals surface area contributed by atoms with Gasteiger partial charge in [-0.25, -0.2) is 0 Å². The molecule has 0 aliphatic rings. The summed E-state index contributed by atoms with van der Waals surface area (Å²) in [6.07, 6.45) is 0. The lowest BCUT2D eigenvalue weighted by molar-refractivity contribution is 0.350. The quantitative estimate of drug-likeness (QED) is 0.742. The molecule has 1 rings (SSSR count). The van der Waals surface area contributed by atoms with E-state index < -0.39 is 0 Å². The molecule has 0 radical (unpaired) electrons. The Labute approximate surface area is 89.6 Å². The fraction of sp³-hybridized carbons (Fsp3) is 0.333. The molecule has 0 saturated heterocycles. The monoisotopic (exact) mass is 206 g/mol. The standard InChI is InChI=1S/C12H14O3/c1-9-7-12(15-3)10(5-4-6-13)8-11(9)14-2/h7-8,13H,6H2,1-3H3. The third kappa shape index (κ3) is 2.64. The Hall–Kier alpha value is -1.66. The van der Waals surface area contributed by atoms with Crippen molar-refractivity contribution in [1.29, 1.82) is 0 Å². The van der Waals surface area contributed by atoms with E-state index in [1.165, 1.54) is 0 Å². The fourth-order valence-corrected chi connectivity index (χ4v) is 1.28. The average molecular weight is 206 g/mol. The molecule has 0 amide bonds. The molecular formula is C12H14O3. The molecule has 1 aromatic carbocycles. The van der Waals surface area contributed by atoms with Gasteiger partial charge in [-0.1, -0.05) is 11.8 Å². The Kier molecular flexibility index (Phi) is 4.02. The van der Waals surface area contributed by atoms with E-state index in [-0.39, 0.29) is 6.61 Å². The highest BCUT2D eigenvalue weighted by Gasteiger charge is 2.06. The zero-order chi connectivity index (χ0) is 11.3. The third-order valence-corrected chi connectivity index (χ3v) is 2.02. The molecule has 0 atom stereocenters. The third-order valence-electron chi connectivity index (χ3n) is 2.02. The van der Waals surface area contributed by atoms with E-state index in [4.69, 9.17) is 14.6 Å². The predicted molar refractivity (Wildman–Crippen MR) is 58.2 cm³/mol. The molecule has 0 bridgehead atoms. The van der Waals surface area contributed by atoms with Crippen molar-refractivity contribution in [2.75, 3.05) is 20.8 Å². The van der Waals surface area contributed by atoms with Crippen LogP contribution in [0.5, 0.6) is 11.5 Å². The van der Waals surface area contributed by atoms with Crippen molar-refractivity contribution in [3.63, 3.8) is 0 Å². The molecule has 15 heavy (non-hydrogen) atoms. The highest BCUT2D eigenvalue weighted by Crippen LogP contribution is 2.27. The van der Waals surface area contributed by atoms with Crippen molar-refractivity contribution < 1.29 is 14.6 Å². The molecule has 0 saturated carbocycles. The summed E-state index contributed by atoms with van der Waals surface area (Å²) in [6, 6.07) is 3.66. The van der Waals surface area contributed by atoms with Crippen LogP contribution in [0.2, 0.25) is 0 Å². The van der Waals surface area contributed by atoms with E-state index in [9.17, 15) is 0 Å². The zero-order valence-electron chi connectivity index (χ0n) is 9.13. The van der Waals surface area contributed by atoms with Gasteiger partial charge in [0.2, 0.25) is 0 Å². The van der Waals surface area contributed by atoms with Crippen molar-refractivity contribution in [2.24, 2.45) is 0 Å². The summed E-state index contributed by atoms with van der Waals surface area (Å²) in [5.74, 6) is 6.84. The predicted octanol–water partition coefficient (Wildman–Crippen LogP) is 1.36. The molecule has 0 fully saturated rings. The number of ether oxygens (including phenoxy) is 2. The van der Waals surface area contributed by atoms with Crippen LogP contribution in [0.3, 0.4) is 0 Å². The van der Waals surface area contributed by atoms with Crippen molar-refractivity contribution in [3.05, 3.63) is 23.3 Å². The van der Waals surface area contributed by atoms with Crippen LogP contribution in [-0.4, -0.2) is 25.9 Å². The second-order valence-corrected chi connectivity index (χ2v) is 2.98. The minimum absolute atomic E-state index is 0.167. The Morgan fingerprint density at radius 1 is 1.20 bits per heavy atom. The number of aliphatic hydroxyl groups excluding tert-OH is 1. The maximum atomic E-state index is 8.63. The van der Waals surface area contributed by atoms with Crippen molar-refractivity contribution in [3.8, 4) is 23.3 Å². The number of aryl methyl sites for hydroxylation is 1. The smallest absolute Gasteiger partial charge is 0.135 e.